The maximum absolute atomic E-state index is 13.9. The first-order chi connectivity index (χ1) is 14.8. The lowest BCUT2D eigenvalue weighted by molar-refractivity contribution is -0.120. The van der Waals surface area contributed by atoms with Crippen LogP contribution in [-0.4, -0.2) is 24.7 Å². The van der Waals surface area contributed by atoms with Crippen molar-refractivity contribution in [2.75, 3.05) is 5.32 Å². The van der Waals surface area contributed by atoms with Crippen molar-refractivity contribution in [2.24, 2.45) is 0 Å². The second-order valence-electron chi connectivity index (χ2n) is 7.45. The quantitative estimate of drug-likeness (QED) is 0.624. The number of carbonyl (C=O) groups excluding carboxylic acids is 1. The number of halogens is 2. The number of sulfonamides is 1. The van der Waals surface area contributed by atoms with Crippen LogP contribution >= 0.6 is 11.6 Å². The lowest BCUT2D eigenvalue weighted by atomic mass is 9.95. The van der Waals surface area contributed by atoms with Crippen LogP contribution in [0.2, 0.25) is 5.02 Å². The molecule has 1 aliphatic rings. The third kappa shape index (κ3) is 4.35. The molecule has 1 heterocycles. The van der Waals surface area contributed by atoms with E-state index in [2.05, 4.69) is 5.32 Å². The van der Waals surface area contributed by atoms with Crippen molar-refractivity contribution < 1.29 is 17.6 Å². The van der Waals surface area contributed by atoms with E-state index in [1.165, 1.54) is 34.6 Å². The molecular formula is C23H20ClFN2O3S. The highest BCUT2D eigenvalue weighted by molar-refractivity contribution is 7.89. The molecule has 1 atom stereocenters. The van der Waals surface area contributed by atoms with Gasteiger partial charge in [-0.1, -0.05) is 41.9 Å². The Labute approximate surface area is 185 Å². The third-order valence-electron chi connectivity index (χ3n) is 5.37. The zero-order chi connectivity index (χ0) is 22.2. The number of nitrogens with zero attached hydrogens (tertiary/aromatic N) is 1. The van der Waals surface area contributed by atoms with Crippen molar-refractivity contribution in [3.8, 4) is 0 Å². The van der Waals surface area contributed by atoms with Gasteiger partial charge in [-0.05, 0) is 66.4 Å². The fourth-order valence-corrected chi connectivity index (χ4v) is 5.30. The molecular weight excluding hydrogens is 439 g/mol. The van der Waals surface area contributed by atoms with Crippen molar-refractivity contribution in [1.29, 1.82) is 0 Å². The van der Waals surface area contributed by atoms with Crippen molar-refractivity contribution in [2.45, 2.75) is 30.8 Å². The number of anilines is 1. The first kappa shape index (κ1) is 21.5. The molecule has 0 saturated carbocycles. The molecule has 0 fully saturated rings. The Morgan fingerprint density at radius 2 is 1.74 bits per heavy atom. The van der Waals surface area contributed by atoms with Crippen molar-refractivity contribution in [1.82, 2.24) is 4.31 Å². The van der Waals surface area contributed by atoms with E-state index in [0.29, 0.717) is 10.6 Å². The van der Waals surface area contributed by atoms with Crippen molar-refractivity contribution in [3.63, 3.8) is 0 Å². The normalized spacial score (nSPS) is 16.5. The van der Waals surface area contributed by atoms with Gasteiger partial charge in [-0.3, -0.25) is 4.79 Å². The highest BCUT2D eigenvalue weighted by atomic mass is 35.5. The molecule has 0 aromatic heterocycles. The van der Waals surface area contributed by atoms with Gasteiger partial charge in [0.2, 0.25) is 15.9 Å². The summed E-state index contributed by atoms with van der Waals surface area (Å²) >= 11 is 5.90. The Kier molecular flexibility index (Phi) is 5.83. The minimum absolute atomic E-state index is 0.0514. The number of benzene rings is 3. The Hall–Kier alpha value is -2.74. The summed E-state index contributed by atoms with van der Waals surface area (Å²) in [6, 6.07) is 16.6. The molecule has 1 unspecified atom stereocenters. The van der Waals surface area contributed by atoms with Gasteiger partial charge in [0.15, 0.2) is 0 Å². The zero-order valence-corrected chi connectivity index (χ0v) is 18.3. The number of amides is 1. The molecule has 3 aromatic carbocycles. The summed E-state index contributed by atoms with van der Waals surface area (Å²) in [6.07, 6.45) is 0.211. The molecule has 1 amide bonds. The maximum atomic E-state index is 13.9. The average Bonchev–Trinajstić information content (AvgIpc) is 2.75. The summed E-state index contributed by atoms with van der Waals surface area (Å²) in [5.74, 6) is -0.965. The van der Waals surface area contributed by atoms with Gasteiger partial charge in [0.05, 0.1) is 4.90 Å². The third-order valence-corrected chi connectivity index (χ3v) is 7.49. The summed E-state index contributed by atoms with van der Waals surface area (Å²) in [4.78, 5) is 13.2. The number of hydrogen-bond donors (Lipinski definition) is 1. The standard InChI is InChI=1S/C23H20ClFN2O3S/c1-15-6-9-19(13-21(15)25)26-23(28)22-12-16-4-2-3-5-17(16)14-27(22)31(29,30)20-10-7-18(24)8-11-20/h2-11,13,22H,12,14H2,1H3,(H,26,28). The molecule has 0 saturated heterocycles. The van der Waals surface area contributed by atoms with Gasteiger partial charge in [-0.15, -0.1) is 0 Å². The minimum Gasteiger partial charge on any atom is -0.325 e. The van der Waals surface area contributed by atoms with E-state index in [4.69, 9.17) is 11.6 Å². The summed E-state index contributed by atoms with van der Waals surface area (Å²) in [5, 5.41) is 3.08. The molecule has 1 aliphatic heterocycles. The van der Waals surface area contributed by atoms with Crippen LogP contribution < -0.4 is 5.32 Å². The van der Waals surface area contributed by atoms with E-state index >= 15 is 0 Å². The Bertz CT molecular complexity index is 1250. The molecule has 1 N–H and O–H groups in total. The average molecular weight is 459 g/mol. The smallest absolute Gasteiger partial charge is 0.244 e. The van der Waals surface area contributed by atoms with Crippen molar-refractivity contribution >= 4 is 33.2 Å². The lowest BCUT2D eigenvalue weighted by Gasteiger charge is -2.35. The number of hydrogen-bond acceptors (Lipinski definition) is 3. The molecule has 0 bridgehead atoms. The van der Waals surface area contributed by atoms with Crippen molar-refractivity contribution in [3.05, 3.63) is 94.3 Å². The number of carbonyl (C=O) groups is 1. The summed E-state index contributed by atoms with van der Waals surface area (Å²) in [5.41, 5.74) is 2.47. The van der Waals surface area contributed by atoms with Crippen LogP contribution in [0.4, 0.5) is 10.1 Å². The van der Waals surface area contributed by atoms with E-state index in [0.717, 1.165) is 11.1 Å². The molecule has 31 heavy (non-hydrogen) atoms. The van der Waals surface area contributed by atoms with Gasteiger partial charge in [0.25, 0.3) is 0 Å². The van der Waals surface area contributed by atoms with Crippen LogP contribution in [0.15, 0.2) is 71.6 Å². The number of rotatable bonds is 4. The molecule has 8 heteroatoms. The van der Waals surface area contributed by atoms with E-state index in [1.54, 1.807) is 19.1 Å². The SMILES string of the molecule is Cc1ccc(NC(=O)C2Cc3ccccc3CN2S(=O)(=O)c2ccc(Cl)cc2)cc1F. The van der Waals surface area contributed by atoms with Crippen LogP contribution in [0.3, 0.4) is 0 Å². The number of nitrogens with one attached hydrogen (secondary N) is 1. The van der Waals surface area contributed by atoms with E-state index in [9.17, 15) is 17.6 Å². The fraction of sp³-hybridized carbons (Fsp3) is 0.174. The van der Waals surface area contributed by atoms with Gasteiger partial charge in [0.1, 0.15) is 11.9 Å². The minimum atomic E-state index is -3.98. The lowest BCUT2D eigenvalue weighted by Crippen LogP contribution is -2.50. The Balaban J connectivity index is 1.71. The van der Waals surface area contributed by atoms with E-state index in [-0.39, 0.29) is 23.5 Å². The highest BCUT2D eigenvalue weighted by Crippen LogP contribution is 2.30. The van der Waals surface area contributed by atoms with E-state index in [1.807, 2.05) is 24.3 Å². The van der Waals surface area contributed by atoms with Crippen LogP contribution in [0, 0.1) is 12.7 Å². The summed E-state index contributed by atoms with van der Waals surface area (Å²) < 4.78 is 41.9. The summed E-state index contributed by atoms with van der Waals surface area (Å²) in [7, 11) is -3.98. The molecule has 0 radical (unpaired) electrons. The maximum Gasteiger partial charge on any atom is 0.244 e. The van der Waals surface area contributed by atoms with Gasteiger partial charge in [-0.25, -0.2) is 12.8 Å². The molecule has 0 spiro atoms. The fourth-order valence-electron chi connectivity index (χ4n) is 3.61. The number of aryl methyl sites for hydroxylation is 1. The van der Waals surface area contributed by atoms with Crippen LogP contribution in [0.5, 0.6) is 0 Å². The van der Waals surface area contributed by atoms with Crippen LogP contribution in [-0.2, 0) is 27.8 Å². The Morgan fingerprint density at radius 1 is 1.06 bits per heavy atom. The second kappa shape index (κ2) is 8.42. The Morgan fingerprint density at radius 3 is 2.42 bits per heavy atom. The van der Waals surface area contributed by atoms with Crippen LogP contribution in [0.1, 0.15) is 16.7 Å². The monoisotopic (exact) mass is 458 g/mol. The van der Waals surface area contributed by atoms with Crippen LogP contribution in [0.25, 0.3) is 0 Å². The number of fused-ring (bicyclic) bond motifs is 1. The molecule has 5 nitrogen and oxygen atoms in total. The zero-order valence-electron chi connectivity index (χ0n) is 16.7. The van der Waals surface area contributed by atoms with E-state index < -0.39 is 27.8 Å². The van der Waals surface area contributed by atoms with Gasteiger partial charge in [0, 0.05) is 17.3 Å². The molecule has 0 aliphatic carbocycles. The molecule has 160 valence electrons. The van der Waals surface area contributed by atoms with Gasteiger partial charge < -0.3 is 5.32 Å². The predicted molar refractivity (Wildman–Crippen MR) is 118 cm³/mol. The highest BCUT2D eigenvalue weighted by Gasteiger charge is 2.39. The first-order valence-corrected chi connectivity index (χ1v) is 11.5. The largest absolute Gasteiger partial charge is 0.325 e. The molecule has 3 aromatic rings. The topological polar surface area (TPSA) is 66.5 Å². The summed E-state index contributed by atoms with van der Waals surface area (Å²) in [6.45, 7) is 1.68. The predicted octanol–water partition coefficient (Wildman–Crippen LogP) is 4.54. The molecule has 4 rings (SSSR count). The van der Waals surface area contributed by atoms with Gasteiger partial charge >= 0.3 is 0 Å². The second-order valence-corrected chi connectivity index (χ2v) is 9.77. The van der Waals surface area contributed by atoms with Gasteiger partial charge in [-0.2, -0.15) is 4.31 Å². The first-order valence-electron chi connectivity index (χ1n) is 9.67.